The van der Waals surface area contributed by atoms with E-state index in [4.69, 9.17) is 10.00 Å². The van der Waals surface area contributed by atoms with Gasteiger partial charge in [0.25, 0.3) is 10.0 Å². The first-order valence-electron chi connectivity index (χ1n) is 11.0. The number of fused-ring (bicyclic) bond motifs is 1. The molecule has 38 heavy (non-hydrogen) atoms. The van der Waals surface area contributed by atoms with Crippen molar-refractivity contribution in [1.29, 1.82) is 5.26 Å². The number of carbonyl (C=O) groups is 1. The molecule has 0 fully saturated rings. The molecule has 0 saturated carbocycles. The molecule has 3 aromatic rings. The maximum atomic E-state index is 14.4. The van der Waals surface area contributed by atoms with Crippen LogP contribution in [0.1, 0.15) is 12.0 Å². The van der Waals surface area contributed by atoms with Gasteiger partial charge in [-0.15, -0.1) is 0 Å². The summed E-state index contributed by atoms with van der Waals surface area (Å²) in [5, 5.41) is 11.1. The van der Waals surface area contributed by atoms with Crippen molar-refractivity contribution in [2.75, 3.05) is 17.4 Å². The number of ether oxygens (including phenoxy) is 1. The van der Waals surface area contributed by atoms with E-state index in [0.29, 0.717) is 6.07 Å². The third-order valence-corrected chi connectivity index (χ3v) is 7.42. The number of hydrogen-bond donors (Lipinski definition) is 1. The van der Waals surface area contributed by atoms with E-state index in [9.17, 15) is 35.2 Å². The first kappa shape index (κ1) is 26.9. The fourth-order valence-electron chi connectivity index (χ4n) is 3.85. The Morgan fingerprint density at radius 3 is 2.58 bits per heavy atom. The lowest BCUT2D eigenvalue weighted by molar-refractivity contribution is -0.137. The molecule has 0 spiro atoms. The van der Waals surface area contributed by atoms with Gasteiger partial charge in [-0.25, -0.2) is 17.2 Å². The summed E-state index contributed by atoms with van der Waals surface area (Å²) in [6, 6.07) is 11.5. The molecule has 0 aliphatic carbocycles. The summed E-state index contributed by atoms with van der Waals surface area (Å²) in [5.74, 6) is -2.18. The number of hydrogen-bond acceptors (Lipinski definition) is 5. The zero-order valence-electron chi connectivity index (χ0n) is 19.3. The van der Waals surface area contributed by atoms with Crippen molar-refractivity contribution in [3.05, 3.63) is 77.9 Å². The Bertz CT molecular complexity index is 1540. The van der Waals surface area contributed by atoms with Crippen LogP contribution in [-0.2, 0) is 21.0 Å². The van der Waals surface area contributed by atoms with Gasteiger partial charge in [0.15, 0.2) is 0 Å². The van der Waals surface area contributed by atoms with E-state index in [2.05, 4.69) is 5.32 Å². The number of nitriles is 1. The number of alkyl halides is 3. The number of amides is 1. The molecule has 0 saturated heterocycles. The van der Waals surface area contributed by atoms with Crippen LogP contribution < -0.4 is 14.4 Å². The normalized spacial score (nSPS) is 15.3. The van der Waals surface area contributed by atoms with Crippen LogP contribution >= 0.6 is 0 Å². The van der Waals surface area contributed by atoms with Crippen LogP contribution in [0.5, 0.6) is 5.75 Å². The predicted molar refractivity (Wildman–Crippen MR) is 125 cm³/mol. The Morgan fingerprint density at radius 2 is 1.87 bits per heavy atom. The third kappa shape index (κ3) is 5.55. The van der Waals surface area contributed by atoms with E-state index in [0.717, 1.165) is 40.7 Å². The lowest BCUT2D eigenvalue weighted by Crippen LogP contribution is -2.48. The van der Waals surface area contributed by atoms with E-state index in [1.54, 1.807) is 6.07 Å². The van der Waals surface area contributed by atoms with Gasteiger partial charge >= 0.3 is 6.18 Å². The number of carbonyl (C=O) groups excluding carboxylic acids is 1. The SMILES string of the molecule is N#CCC(=O)NCC1CN(S(=O)(=O)c2cccc(C(F)(F)F)c2)c2cc(-c3cc(F)ccc3F)ccc2O1. The van der Waals surface area contributed by atoms with Gasteiger partial charge in [0.2, 0.25) is 5.91 Å². The van der Waals surface area contributed by atoms with E-state index in [1.807, 2.05) is 0 Å². The lowest BCUT2D eigenvalue weighted by atomic mass is 10.0. The van der Waals surface area contributed by atoms with E-state index in [1.165, 1.54) is 18.2 Å². The number of nitrogens with one attached hydrogen (secondary N) is 1. The Kier molecular flexibility index (Phi) is 7.28. The van der Waals surface area contributed by atoms with Crippen LogP contribution in [0, 0.1) is 23.0 Å². The summed E-state index contributed by atoms with van der Waals surface area (Å²) in [4.78, 5) is 11.1. The molecule has 198 valence electrons. The summed E-state index contributed by atoms with van der Waals surface area (Å²) in [6.45, 7) is -0.650. The van der Waals surface area contributed by atoms with Crippen molar-refractivity contribution >= 4 is 21.6 Å². The highest BCUT2D eigenvalue weighted by atomic mass is 32.2. The molecule has 13 heteroatoms. The maximum Gasteiger partial charge on any atom is 0.416 e. The van der Waals surface area contributed by atoms with Crippen LogP contribution in [0.15, 0.2) is 65.6 Å². The number of halogens is 5. The number of sulfonamides is 1. The van der Waals surface area contributed by atoms with Gasteiger partial charge in [0, 0.05) is 5.56 Å². The molecule has 1 atom stereocenters. The van der Waals surface area contributed by atoms with Crippen molar-refractivity contribution in [2.45, 2.75) is 23.6 Å². The maximum absolute atomic E-state index is 14.4. The molecule has 3 aromatic carbocycles. The van der Waals surface area contributed by atoms with Crippen LogP contribution in [0.25, 0.3) is 11.1 Å². The van der Waals surface area contributed by atoms with Crippen molar-refractivity contribution in [2.24, 2.45) is 0 Å². The Labute approximate surface area is 214 Å². The van der Waals surface area contributed by atoms with Gasteiger partial charge in [0.1, 0.15) is 29.9 Å². The Morgan fingerprint density at radius 1 is 1.11 bits per heavy atom. The zero-order chi connectivity index (χ0) is 27.7. The molecule has 4 rings (SSSR count). The average Bonchev–Trinajstić information content (AvgIpc) is 2.88. The van der Waals surface area contributed by atoms with Gasteiger partial charge in [-0.05, 0) is 54.1 Å². The number of nitrogens with zero attached hydrogens (tertiary/aromatic N) is 2. The quantitative estimate of drug-likeness (QED) is 0.451. The minimum absolute atomic E-state index is 0.0214. The van der Waals surface area contributed by atoms with Crippen LogP contribution in [0.3, 0.4) is 0 Å². The molecule has 1 unspecified atom stereocenters. The summed E-state index contributed by atoms with van der Waals surface area (Å²) in [7, 11) is -4.64. The second kappa shape index (κ2) is 10.3. The predicted octanol–water partition coefficient (Wildman–Crippen LogP) is 4.64. The smallest absolute Gasteiger partial charge is 0.416 e. The highest BCUT2D eigenvalue weighted by molar-refractivity contribution is 7.92. The average molecular weight is 551 g/mol. The molecule has 1 aliphatic rings. The van der Waals surface area contributed by atoms with Crippen molar-refractivity contribution in [3.63, 3.8) is 0 Å². The minimum atomic E-state index is -4.80. The van der Waals surface area contributed by atoms with Crippen LogP contribution in [0.4, 0.5) is 27.6 Å². The van der Waals surface area contributed by atoms with Gasteiger partial charge < -0.3 is 10.1 Å². The summed E-state index contributed by atoms with van der Waals surface area (Å²) >= 11 is 0. The minimum Gasteiger partial charge on any atom is -0.484 e. The van der Waals surface area contributed by atoms with Gasteiger partial charge in [-0.2, -0.15) is 18.4 Å². The van der Waals surface area contributed by atoms with Crippen LogP contribution in [-0.4, -0.2) is 33.5 Å². The molecule has 1 amide bonds. The highest BCUT2D eigenvalue weighted by Gasteiger charge is 2.37. The monoisotopic (exact) mass is 551 g/mol. The molecular weight excluding hydrogens is 533 g/mol. The molecule has 0 aromatic heterocycles. The summed E-state index contributed by atoms with van der Waals surface area (Å²) in [6.07, 6.45) is -6.23. The van der Waals surface area contributed by atoms with E-state index in [-0.39, 0.29) is 29.1 Å². The van der Waals surface area contributed by atoms with Crippen molar-refractivity contribution in [3.8, 4) is 22.9 Å². The van der Waals surface area contributed by atoms with Crippen molar-refractivity contribution < 1.29 is 39.9 Å². The topological polar surface area (TPSA) is 99.5 Å². The summed E-state index contributed by atoms with van der Waals surface area (Å²) in [5.41, 5.74) is -1.38. The highest BCUT2D eigenvalue weighted by Crippen LogP contribution is 2.41. The molecule has 1 aliphatic heterocycles. The first-order chi connectivity index (χ1) is 17.9. The Balaban J connectivity index is 1.80. The third-order valence-electron chi connectivity index (χ3n) is 5.65. The van der Waals surface area contributed by atoms with Gasteiger partial charge in [-0.3, -0.25) is 9.10 Å². The largest absolute Gasteiger partial charge is 0.484 e. The zero-order valence-corrected chi connectivity index (χ0v) is 20.1. The van der Waals surface area contributed by atoms with Crippen LogP contribution in [0.2, 0.25) is 0 Å². The fourth-order valence-corrected chi connectivity index (χ4v) is 5.40. The first-order valence-corrected chi connectivity index (χ1v) is 12.4. The van der Waals surface area contributed by atoms with E-state index < -0.39 is 63.3 Å². The number of benzene rings is 3. The second-order valence-electron chi connectivity index (χ2n) is 8.25. The standard InChI is InChI=1S/C25H18F5N3O4S/c26-17-5-6-21(27)20(12-17)15-4-7-23-22(10-15)33(14-18(37-23)13-32-24(34)8-9-31)38(35,36)19-3-1-2-16(11-19)25(28,29)30/h1-7,10-12,18H,8,13-14H2,(H,32,34). The number of anilines is 1. The molecule has 0 radical (unpaired) electrons. The molecule has 1 heterocycles. The molecular formula is C25H18F5N3O4S. The van der Waals surface area contributed by atoms with E-state index >= 15 is 0 Å². The van der Waals surface area contributed by atoms with Gasteiger partial charge in [0.05, 0.1) is 35.3 Å². The number of rotatable bonds is 6. The fraction of sp³-hybridized carbons (Fsp3) is 0.200. The molecule has 1 N–H and O–H groups in total. The Hall–Kier alpha value is -4.18. The molecule has 7 nitrogen and oxygen atoms in total. The lowest BCUT2D eigenvalue weighted by Gasteiger charge is -2.36. The second-order valence-corrected chi connectivity index (χ2v) is 10.1. The summed E-state index contributed by atoms with van der Waals surface area (Å²) < 4.78 is 102. The van der Waals surface area contributed by atoms with Crippen molar-refractivity contribution in [1.82, 2.24) is 5.32 Å². The van der Waals surface area contributed by atoms with Gasteiger partial charge in [-0.1, -0.05) is 12.1 Å². The molecule has 0 bridgehead atoms.